The minimum absolute atomic E-state index is 0.0584. The molecule has 0 heterocycles. The van der Waals surface area contributed by atoms with Crippen molar-refractivity contribution in [1.29, 1.82) is 0 Å². The number of amides is 1. The smallest absolute Gasteiger partial charge is 0.253 e. The van der Waals surface area contributed by atoms with Crippen LogP contribution in [0.1, 0.15) is 49.0 Å². The lowest BCUT2D eigenvalue weighted by Gasteiger charge is -2.34. The second-order valence-electron chi connectivity index (χ2n) is 6.88. The van der Waals surface area contributed by atoms with E-state index in [2.05, 4.69) is 26.1 Å². The molecule has 3 heteroatoms. The van der Waals surface area contributed by atoms with E-state index in [9.17, 15) is 4.79 Å². The maximum Gasteiger partial charge on any atom is 0.253 e. The number of benzene rings is 1. The highest BCUT2D eigenvalue weighted by molar-refractivity contribution is 5.95. The topological polar surface area (TPSA) is 32.3 Å². The lowest BCUT2D eigenvalue weighted by molar-refractivity contribution is 0.0827. The van der Waals surface area contributed by atoms with Crippen molar-refractivity contribution in [2.24, 2.45) is 11.8 Å². The van der Waals surface area contributed by atoms with Gasteiger partial charge in [0.1, 0.15) is 0 Å². The maximum absolute atomic E-state index is 12.1. The summed E-state index contributed by atoms with van der Waals surface area (Å²) in [5.41, 5.74) is 3.06. The Morgan fingerprint density at radius 2 is 1.95 bits per heavy atom. The highest BCUT2D eigenvalue weighted by atomic mass is 16.2. The van der Waals surface area contributed by atoms with Gasteiger partial charge in [-0.25, -0.2) is 0 Å². The van der Waals surface area contributed by atoms with Gasteiger partial charge in [0.2, 0.25) is 0 Å². The Kier molecular flexibility index (Phi) is 4.92. The van der Waals surface area contributed by atoms with Gasteiger partial charge in [-0.15, -0.1) is 0 Å². The minimum atomic E-state index is 0.0584. The van der Waals surface area contributed by atoms with E-state index in [4.69, 9.17) is 0 Å². The third-order valence-corrected chi connectivity index (χ3v) is 4.69. The van der Waals surface area contributed by atoms with Gasteiger partial charge in [0.15, 0.2) is 0 Å². The molecule has 0 bridgehead atoms. The molecule has 1 aromatic carbocycles. The molecule has 116 valence electrons. The fourth-order valence-electron chi connectivity index (χ4n) is 3.10. The Morgan fingerprint density at radius 3 is 2.62 bits per heavy atom. The second kappa shape index (κ2) is 6.50. The van der Waals surface area contributed by atoms with Crippen molar-refractivity contribution in [3.8, 4) is 0 Å². The van der Waals surface area contributed by atoms with Crippen LogP contribution in [0.15, 0.2) is 18.2 Å². The predicted molar refractivity (Wildman–Crippen MR) is 88.8 cm³/mol. The summed E-state index contributed by atoms with van der Waals surface area (Å²) in [5.74, 6) is 1.53. The van der Waals surface area contributed by atoms with Crippen molar-refractivity contribution in [3.05, 3.63) is 29.3 Å². The summed E-state index contributed by atoms with van der Waals surface area (Å²) >= 11 is 0. The Balaban J connectivity index is 2.19. The lowest BCUT2D eigenvalue weighted by Crippen LogP contribution is -2.33. The molecule has 0 saturated heterocycles. The Morgan fingerprint density at radius 1 is 1.24 bits per heavy atom. The number of carbonyl (C=O) groups is 1. The van der Waals surface area contributed by atoms with Crippen LogP contribution in [0, 0.1) is 18.8 Å². The number of hydrogen-bond acceptors (Lipinski definition) is 2. The number of aryl methyl sites for hydroxylation is 1. The van der Waals surface area contributed by atoms with Gasteiger partial charge in [-0.2, -0.15) is 0 Å². The standard InChI is InChI=1S/C18H28N2O/c1-12-6-7-13(2)16(10-12)19-17-11-15(9-8-14(17)3)18(21)20(4)5/h8-9,11-13,16,19H,6-7,10H2,1-5H3. The molecule has 3 unspecified atom stereocenters. The SMILES string of the molecule is Cc1ccc(C(=O)N(C)C)cc1NC1CC(C)CCC1C. The van der Waals surface area contributed by atoms with Crippen molar-refractivity contribution in [3.63, 3.8) is 0 Å². The first-order chi connectivity index (χ1) is 9.88. The first-order valence-electron chi connectivity index (χ1n) is 7.97. The van der Waals surface area contributed by atoms with Crippen molar-refractivity contribution in [1.82, 2.24) is 4.90 Å². The van der Waals surface area contributed by atoms with Gasteiger partial charge in [0.25, 0.3) is 5.91 Å². The van der Waals surface area contributed by atoms with E-state index >= 15 is 0 Å². The highest BCUT2D eigenvalue weighted by Gasteiger charge is 2.25. The van der Waals surface area contributed by atoms with E-state index in [1.807, 2.05) is 18.2 Å². The summed E-state index contributed by atoms with van der Waals surface area (Å²) in [6.45, 7) is 6.76. The van der Waals surface area contributed by atoms with Crippen LogP contribution in [0.5, 0.6) is 0 Å². The lowest BCUT2D eigenvalue weighted by atomic mass is 9.80. The van der Waals surface area contributed by atoms with Crippen molar-refractivity contribution >= 4 is 11.6 Å². The molecule has 0 radical (unpaired) electrons. The molecule has 2 rings (SSSR count). The van der Waals surface area contributed by atoms with E-state index < -0.39 is 0 Å². The fraction of sp³-hybridized carbons (Fsp3) is 0.611. The number of nitrogens with zero attached hydrogens (tertiary/aromatic N) is 1. The first kappa shape index (κ1) is 15.9. The Bertz CT molecular complexity index is 510. The van der Waals surface area contributed by atoms with E-state index in [0.29, 0.717) is 12.0 Å². The average molecular weight is 288 g/mol. The molecule has 1 saturated carbocycles. The molecule has 3 nitrogen and oxygen atoms in total. The molecule has 1 N–H and O–H groups in total. The van der Waals surface area contributed by atoms with Gasteiger partial charge < -0.3 is 10.2 Å². The van der Waals surface area contributed by atoms with Crippen LogP contribution in [0.3, 0.4) is 0 Å². The molecule has 0 aliphatic heterocycles. The summed E-state index contributed by atoms with van der Waals surface area (Å²) in [7, 11) is 3.58. The van der Waals surface area contributed by atoms with Gasteiger partial charge in [0, 0.05) is 31.4 Å². The van der Waals surface area contributed by atoms with Crippen LogP contribution >= 0.6 is 0 Å². The molecule has 0 aromatic heterocycles. The zero-order chi connectivity index (χ0) is 15.6. The quantitative estimate of drug-likeness (QED) is 0.914. The Labute approximate surface area is 128 Å². The summed E-state index contributed by atoms with van der Waals surface area (Å²) in [4.78, 5) is 13.7. The van der Waals surface area contributed by atoms with E-state index in [1.54, 1.807) is 19.0 Å². The van der Waals surface area contributed by atoms with Crippen molar-refractivity contribution < 1.29 is 4.79 Å². The largest absolute Gasteiger partial charge is 0.382 e. The van der Waals surface area contributed by atoms with Crippen LogP contribution in [0.4, 0.5) is 5.69 Å². The van der Waals surface area contributed by atoms with Crippen LogP contribution in [-0.2, 0) is 0 Å². The minimum Gasteiger partial charge on any atom is -0.382 e. The van der Waals surface area contributed by atoms with Gasteiger partial charge in [-0.05, 0) is 49.3 Å². The molecule has 1 aliphatic rings. The van der Waals surface area contributed by atoms with E-state index in [-0.39, 0.29) is 5.91 Å². The van der Waals surface area contributed by atoms with Gasteiger partial charge in [0.05, 0.1) is 0 Å². The number of carbonyl (C=O) groups excluding carboxylic acids is 1. The number of rotatable bonds is 3. The van der Waals surface area contributed by atoms with Gasteiger partial charge in [-0.1, -0.05) is 26.3 Å². The third-order valence-electron chi connectivity index (χ3n) is 4.69. The zero-order valence-electron chi connectivity index (χ0n) is 13.9. The Hall–Kier alpha value is -1.51. The summed E-state index contributed by atoms with van der Waals surface area (Å²) in [6, 6.07) is 6.47. The third kappa shape index (κ3) is 3.78. The van der Waals surface area contributed by atoms with Gasteiger partial charge >= 0.3 is 0 Å². The predicted octanol–water partition coefficient (Wildman–Crippen LogP) is 3.93. The normalized spacial score (nSPS) is 25.5. The number of nitrogens with one attached hydrogen (secondary N) is 1. The van der Waals surface area contributed by atoms with Crippen LogP contribution in [0.25, 0.3) is 0 Å². The molecule has 1 fully saturated rings. The van der Waals surface area contributed by atoms with Crippen LogP contribution in [0.2, 0.25) is 0 Å². The maximum atomic E-state index is 12.1. The first-order valence-corrected chi connectivity index (χ1v) is 7.97. The second-order valence-corrected chi connectivity index (χ2v) is 6.88. The number of anilines is 1. The monoisotopic (exact) mass is 288 g/mol. The van der Waals surface area contributed by atoms with E-state index in [1.165, 1.54) is 24.8 Å². The summed E-state index contributed by atoms with van der Waals surface area (Å²) in [6.07, 6.45) is 3.83. The molecule has 0 spiro atoms. The van der Waals surface area contributed by atoms with Crippen LogP contribution < -0.4 is 5.32 Å². The van der Waals surface area contributed by atoms with Crippen molar-refractivity contribution in [2.75, 3.05) is 19.4 Å². The molecular formula is C18H28N2O. The molecule has 1 aliphatic carbocycles. The fourth-order valence-corrected chi connectivity index (χ4v) is 3.10. The summed E-state index contributed by atoms with van der Waals surface area (Å²) in [5, 5.41) is 3.69. The van der Waals surface area contributed by atoms with Gasteiger partial charge in [-0.3, -0.25) is 4.79 Å². The molecule has 3 atom stereocenters. The van der Waals surface area contributed by atoms with Crippen LogP contribution in [-0.4, -0.2) is 30.9 Å². The van der Waals surface area contributed by atoms with E-state index in [0.717, 1.165) is 17.2 Å². The molecule has 1 aromatic rings. The molecule has 1 amide bonds. The van der Waals surface area contributed by atoms with Crippen molar-refractivity contribution in [2.45, 2.75) is 46.1 Å². The zero-order valence-corrected chi connectivity index (χ0v) is 13.9. The average Bonchev–Trinajstić information content (AvgIpc) is 2.44. The molecule has 21 heavy (non-hydrogen) atoms. The number of hydrogen-bond donors (Lipinski definition) is 1. The molecular weight excluding hydrogens is 260 g/mol. The highest BCUT2D eigenvalue weighted by Crippen LogP contribution is 2.31. The summed E-state index contributed by atoms with van der Waals surface area (Å²) < 4.78 is 0.